The largest absolute Gasteiger partial charge is 0.457 e. The minimum absolute atomic E-state index is 0.554. The molecule has 1 aliphatic carbocycles. The first kappa shape index (κ1) is 30.3. The Labute approximate surface area is 325 Å². The van der Waals surface area contributed by atoms with Crippen molar-refractivity contribution in [2.24, 2.45) is 0 Å². The first-order valence-electron chi connectivity index (χ1n) is 19.0. The molecule has 0 N–H and O–H groups in total. The summed E-state index contributed by atoms with van der Waals surface area (Å²) in [5.41, 5.74) is 11.9. The average molecular weight is 732 g/mol. The van der Waals surface area contributed by atoms with E-state index in [1.807, 2.05) is 0 Å². The molecule has 4 nitrogen and oxygen atoms in total. The Balaban J connectivity index is 1.16. The van der Waals surface area contributed by atoms with Crippen molar-refractivity contribution in [3.63, 3.8) is 0 Å². The molecule has 11 aromatic rings. The molecule has 0 saturated heterocycles. The SMILES string of the molecule is c1ccc2c(c1)Oc1cc3c(cc1C21c2ccccc2-c2ccccc21)c1ccccc1n3-c1nc(-c2cccc3ccccc23)c2sc3ccccc3c2n1. The lowest BCUT2D eigenvalue weighted by atomic mass is 9.66. The van der Waals surface area contributed by atoms with Gasteiger partial charge in [0.05, 0.1) is 32.4 Å². The van der Waals surface area contributed by atoms with Gasteiger partial charge >= 0.3 is 0 Å². The van der Waals surface area contributed by atoms with Crippen LogP contribution < -0.4 is 4.74 Å². The highest BCUT2D eigenvalue weighted by molar-refractivity contribution is 7.26. The van der Waals surface area contributed by atoms with Crippen LogP contribution in [-0.2, 0) is 5.41 Å². The van der Waals surface area contributed by atoms with Crippen molar-refractivity contribution in [1.29, 1.82) is 0 Å². The van der Waals surface area contributed by atoms with Crippen molar-refractivity contribution in [1.82, 2.24) is 14.5 Å². The molecule has 5 heteroatoms. The Hall–Kier alpha value is -7.08. The highest BCUT2D eigenvalue weighted by Crippen LogP contribution is 2.62. The lowest BCUT2D eigenvalue weighted by Crippen LogP contribution is -2.32. The van der Waals surface area contributed by atoms with Crippen LogP contribution in [0.1, 0.15) is 22.3 Å². The van der Waals surface area contributed by atoms with Gasteiger partial charge in [-0.15, -0.1) is 11.3 Å². The number of fused-ring (bicyclic) bond motifs is 16. The van der Waals surface area contributed by atoms with Crippen molar-refractivity contribution in [2.75, 3.05) is 0 Å². The Morgan fingerprint density at radius 2 is 1.11 bits per heavy atom. The molecule has 0 bridgehead atoms. The summed E-state index contributed by atoms with van der Waals surface area (Å²) < 4.78 is 11.5. The third-order valence-electron chi connectivity index (χ3n) is 12.1. The monoisotopic (exact) mass is 731 g/mol. The molecule has 3 aromatic heterocycles. The van der Waals surface area contributed by atoms with Crippen molar-refractivity contribution < 1.29 is 4.74 Å². The van der Waals surface area contributed by atoms with E-state index in [1.165, 1.54) is 37.7 Å². The summed E-state index contributed by atoms with van der Waals surface area (Å²) in [6.45, 7) is 0. The first-order valence-corrected chi connectivity index (χ1v) is 19.8. The number of hydrogen-bond donors (Lipinski definition) is 0. The standard InChI is InChI=1S/C51H29N3OS/c1-2-16-31-30(14-1)15-13-21-35(31)47-49-48(36-20-6-12-27-46(36)56-49)53-50(52-47)54-42-25-10-5-19-34(42)37-28-41-45(29-43(37)54)55-44-26-11-9-24-40(44)51(41)38-22-7-3-17-32(38)33-18-4-8-23-39(33)51/h1-29H. The number of para-hydroxylation sites is 2. The van der Waals surface area contributed by atoms with Crippen molar-refractivity contribution in [2.45, 2.75) is 5.41 Å². The summed E-state index contributed by atoms with van der Waals surface area (Å²) in [6, 6.07) is 63.3. The molecule has 2 aliphatic rings. The summed E-state index contributed by atoms with van der Waals surface area (Å²) in [6.07, 6.45) is 0. The topological polar surface area (TPSA) is 39.9 Å². The van der Waals surface area contributed by atoms with Gasteiger partial charge in [0, 0.05) is 43.6 Å². The maximum absolute atomic E-state index is 6.99. The molecular weight excluding hydrogens is 703 g/mol. The predicted octanol–water partition coefficient (Wildman–Crippen LogP) is 13.2. The second kappa shape index (κ2) is 11.0. The van der Waals surface area contributed by atoms with E-state index in [0.29, 0.717) is 5.95 Å². The van der Waals surface area contributed by atoms with Gasteiger partial charge in [0.1, 0.15) is 11.5 Å². The summed E-state index contributed by atoms with van der Waals surface area (Å²) in [5, 5.41) is 5.77. The highest BCUT2D eigenvalue weighted by atomic mass is 32.1. The molecule has 1 aliphatic heterocycles. The van der Waals surface area contributed by atoms with Crippen LogP contribution in [0.2, 0.25) is 0 Å². The minimum atomic E-state index is -0.554. The molecule has 0 unspecified atom stereocenters. The second-order valence-electron chi connectivity index (χ2n) is 14.8. The number of benzene rings is 8. The van der Waals surface area contributed by atoms with Crippen molar-refractivity contribution in [3.8, 4) is 39.8 Å². The van der Waals surface area contributed by atoms with Crippen LogP contribution in [0.5, 0.6) is 11.5 Å². The Morgan fingerprint density at radius 3 is 1.95 bits per heavy atom. The van der Waals surface area contributed by atoms with Gasteiger partial charge in [0.25, 0.3) is 0 Å². The normalized spacial score (nSPS) is 13.6. The fourth-order valence-electron chi connectivity index (χ4n) is 9.83. The van der Waals surface area contributed by atoms with Crippen molar-refractivity contribution >= 4 is 64.2 Å². The second-order valence-corrected chi connectivity index (χ2v) is 15.9. The van der Waals surface area contributed by atoms with E-state index in [2.05, 4.69) is 180 Å². The van der Waals surface area contributed by atoms with Crippen LogP contribution in [-0.4, -0.2) is 14.5 Å². The zero-order valence-electron chi connectivity index (χ0n) is 29.9. The van der Waals surface area contributed by atoms with Gasteiger partial charge in [0.15, 0.2) is 0 Å². The van der Waals surface area contributed by atoms with Crippen LogP contribution >= 0.6 is 11.3 Å². The fraction of sp³-hybridized carbons (Fsp3) is 0.0196. The van der Waals surface area contributed by atoms with Crippen LogP contribution in [0.3, 0.4) is 0 Å². The molecule has 8 aromatic carbocycles. The van der Waals surface area contributed by atoms with E-state index in [9.17, 15) is 0 Å². The predicted molar refractivity (Wildman–Crippen MR) is 230 cm³/mol. The Morgan fingerprint density at radius 1 is 0.464 bits per heavy atom. The fourth-order valence-corrected chi connectivity index (χ4v) is 11.0. The molecule has 0 radical (unpaired) electrons. The summed E-state index contributed by atoms with van der Waals surface area (Å²) in [4.78, 5) is 11.0. The number of aromatic nitrogens is 3. The Bertz CT molecular complexity index is 3430. The lowest BCUT2D eigenvalue weighted by Gasteiger charge is -2.39. The molecule has 1 spiro atoms. The number of nitrogens with zero attached hydrogens (tertiary/aromatic N) is 3. The van der Waals surface area contributed by atoms with Crippen LogP contribution in [0, 0.1) is 0 Å². The van der Waals surface area contributed by atoms with Crippen LogP contribution in [0.25, 0.3) is 81.2 Å². The summed E-state index contributed by atoms with van der Waals surface area (Å²) >= 11 is 1.76. The van der Waals surface area contributed by atoms with E-state index in [1.54, 1.807) is 11.3 Å². The number of ether oxygens (including phenoxy) is 1. The van der Waals surface area contributed by atoms with Gasteiger partial charge in [-0.1, -0.05) is 146 Å². The van der Waals surface area contributed by atoms with E-state index >= 15 is 0 Å². The van der Waals surface area contributed by atoms with E-state index in [-0.39, 0.29) is 0 Å². The molecule has 4 heterocycles. The smallest absolute Gasteiger partial charge is 0.235 e. The zero-order valence-corrected chi connectivity index (χ0v) is 30.7. The van der Waals surface area contributed by atoms with Gasteiger partial charge in [0.2, 0.25) is 5.95 Å². The highest BCUT2D eigenvalue weighted by Gasteiger charge is 2.51. The summed E-state index contributed by atoms with van der Waals surface area (Å²) in [5.74, 6) is 2.34. The van der Waals surface area contributed by atoms with Crippen LogP contribution in [0.15, 0.2) is 176 Å². The molecule has 0 fully saturated rings. The van der Waals surface area contributed by atoms with Gasteiger partial charge in [-0.2, -0.15) is 0 Å². The quantitative estimate of drug-likeness (QED) is 0.178. The molecule has 0 amide bonds. The number of hydrogen-bond acceptors (Lipinski definition) is 4. The van der Waals surface area contributed by atoms with E-state index < -0.39 is 5.41 Å². The Kier molecular flexibility index (Phi) is 5.95. The molecule has 0 atom stereocenters. The zero-order chi connectivity index (χ0) is 36.5. The first-order chi connectivity index (χ1) is 27.8. The van der Waals surface area contributed by atoms with Gasteiger partial charge in [-0.3, -0.25) is 4.57 Å². The maximum Gasteiger partial charge on any atom is 0.235 e. The number of thiophene rings is 1. The van der Waals surface area contributed by atoms with E-state index in [0.717, 1.165) is 71.3 Å². The molecule has 56 heavy (non-hydrogen) atoms. The number of rotatable bonds is 2. The van der Waals surface area contributed by atoms with Gasteiger partial charge in [-0.25, -0.2) is 9.97 Å². The summed E-state index contributed by atoms with van der Waals surface area (Å²) in [7, 11) is 0. The molecular formula is C51H29N3OS. The minimum Gasteiger partial charge on any atom is -0.457 e. The average Bonchev–Trinajstić information content (AvgIpc) is 3.89. The molecule has 260 valence electrons. The maximum atomic E-state index is 6.99. The third-order valence-corrected chi connectivity index (χ3v) is 13.3. The van der Waals surface area contributed by atoms with Gasteiger partial charge in [-0.05, 0) is 57.3 Å². The van der Waals surface area contributed by atoms with Crippen LogP contribution in [0.4, 0.5) is 0 Å². The third kappa shape index (κ3) is 3.82. The van der Waals surface area contributed by atoms with E-state index in [4.69, 9.17) is 14.7 Å². The lowest BCUT2D eigenvalue weighted by molar-refractivity contribution is 0.437. The van der Waals surface area contributed by atoms with Gasteiger partial charge < -0.3 is 4.74 Å². The molecule has 0 saturated carbocycles. The van der Waals surface area contributed by atoms with Crippen molar-refractivity contribution in [3.05, 3.63) is 198 Å². The molecule has 13 rings (SSSR count).